The summed E-state index contributed by atoms with van der Waals surface area (Å²) in [6.07, 6.45) is 4.20. The number of rotatable bonds is 3. The predicted molar refractivity (Wildman–Crippen MR) is 70.6 cm³/mol. The van der Waals surface area contributed by atoms with Crippen LogP contribution in [-0.2, 0) is 10.3 Å². The lowest BCUT2D eigenvalue weighted by molar-refractivity contribution is 0.246. The van der Waals surface area contributed by atoms with E-state index >= 15 is 0 Å². The van der Waals surface area contributed by atoms with Crippen LogP contribution < -0.4 is 9.68 Å². The molecular formula is C13H11NO4S. The molecule has 0 saturated heterocycles. The van der Waals surface area contributed by atoms with E-state index in [-0.39, 0.29) is 4.94 Å². The molecule has 1 aromatic carbocycles. The molecule has 98 valence electrons. The van der Waals surface area contributed by atoms with Gasteiger partial charge in [0.05, 0.1) is 11.8 Å². The summed E-state index contributed by atoms with van der Waals surface area (Å²) in [5, 5.41) is 0. The minimum absolute atomic E-state index is 0.351. The van der Waals surface area contributed by atoms with Gasteiger partial charge in [0.1, 0.15) is 16.9 Å². The Labute approximate surface area is 112 Å². The van der Waals surface area contributed by atoms with Gasteiger partial charge in [0.2, 0.25) is 6.08 Å². The largest absolute Gasteiger partial charge is 0.496 e. The second kappa shape index (κ2) is 4.33. The topological polar surface area (TPSA) is 68.9 Å². The fourth-order valence-electron chi connectivity index (χ4n) is 2.47. The Balaban J connectivity index is 2.26. The number of ether oxygens (including phenoxy) is 1. The maximum Gasteiger partial charge on any atom is 0.396 e. The van der Waals surface area contributed by atoms with Gasteiger partial charge in [0.25, 0.3) is 0 Å². The Morgan fingerprint density at radius 3 is 2.84 bits per heavy atom. The fourth-order valence-corrected chi connectivity index (χ4v) is 3.15. The van der Waals surface area contributed by atoms with E-state index in [1.165, 1.54) is 0 Å². The van der Waals surface area contributed by atoms with E-state index in [0.717, 1.165) is 40.9 Å². The molecule has 19 heavy (non-hydrogen) atoms. The van der Waals surface area contributed by atoms with E-state index in [2.05, 4.69) is 4.99 Å². The van der Waals surface area contributed by atoms with Crippen LogP contribution in [0, 0.1) is 0 Å². The number of nitrogens with zero attached hydrogens (tertiary/aromatic N) is 1. The van der Waals surface area contributed by atoms with E-state index in [9.17, 15) is 9.59 Å². The van der Waals surface area contributed by atoms with Crippen LogP contribution in [0.5, 0.6) is 5.75 Å². The maximum atomic E-state index is 11.3. The molecule has 0 amide bonds. The van der Waals surface area contributed by atoms with Crippen LogP contribution >= 0.6 is 11.3 Å². The summed E-state index contributed by atoms with van der Waals surface area (Å²) in [6.45, 7) is 0. The predicted octanol–water partition coefficient (Wildman–Crippen LogP) is 2.58. The van der Waals surface area contributed by atoms with Gasteiger partial charge in [-0.1, -0.05) is 11.3 Å². The standard InChI is InChI=1S/C13H11NO4S/c1-17-9-6-11-10(18-12(16)19-11)5-8(9)13(14-7-15)3-2-4-13/h5-6H,2-4H2,1H3. The number of fused-ring (bicyclic) bond motifs is 1. The zero-order valence-electron chi connectivity index (χ0n) is 10.3. The Morgan fingerprint density at radius 2 is 2.26 bits per heavy atom. The first-order chi connectivity index (χ1) is 9.18. The zero-order chi connectivity index (χ0) is 13.5. The molecule has 0 radical (unpaired) electrons. The van der Waals surface area contributed by atoms with Gasteiger partial charge in [0.15, 0.2) is 0 Å². The van der Waals surface area contributed by atoms with E-state index in [0.29, 0.717) is 11.3 Å². The Bertz CT molecular complexity index is 735. The molecule has 0 aliphatic heterocycles. The number of hydrogen-bond donors (Lipinski definition) is 0. The summed E-state index contributed by atoms with van der Waals surface area (Å²) in [5.41, 5.74) is 0.735. The van der Waals surface area contributed by atoms with Crippen LogP contribution in [0.15, 0.2) is 26.3 Å². The lowest BCUT2D eigenvalue weighted by Gasteiger charge is -2.37. The van der Waals surface area contributed by atoms with Gasteiger partial charge >= 0.3 is 4.94 Å². The van der Waals surface area contributed by atoms with Crippen molar-refractivity contribution in [2.45, 2.75) is 24.8 Å². The van der Waals surface area contributed by atoms with Crippen molar-refractivity contribution in [3.63, 3.8) is 0 Å². The van der Waals surface area contributed by atoms with E-state index in [4.69, 9.17) is 9.15 Å². The third-order valence-electron chi connectivity index (χ3n) is 3.59. The molecule has 1 aliphatic rings. The lowest BCUT2D eigenvalue weighted by atomic mass is 9.72. The third kappa shape index (κ3) is 1.80. The molecule has 6 heteroatoms. The second-order valence-corrected chi connectivity index (χ2v) is 5.52. The van der Waals surface area contributed by atoms with E-state index in [1.54, 1.807) is 25.3 Å². The second-order valence-electron chi connectivity index (χ2n) is 4.54. The number of hydrogen-bond acceptors (Lipinski definition) is 6. The average molecular weight is 277 g/mol. The first-order valence-electron chi connectivity index (χ1n) is 5.90. The van der Waals surface area contributed by atoms with Gasteiger partial charge in [-0.15, -0.1) is 0 Å². The van der Waals surface area contributed by atoms with Crippen LogP contribution in [0.2, 0.25) is 0 Å². The molecule has 0 N–H and O–H groups in total. The molecule has 0 spiro atoms. The van der Waals surface area contributed by atoms with Gasteiger partial charge in [-0.3, -0.25) is 0 Å². The van der Waals surface area contributed by atoms with Crippen molar-refractivity contribution < 1.29 is 13.9 Å². The van der Waals surface area contributed by atoms with Gasteiger partial charge in [-0.2, -0.15) is 4.99 Å². The molecule has 2 aromatic rings. The molecular weight excluding hydrogens is 266 g/mol. The first kappa shape index (κ1) is 12.1. The van der Waals surface area contributed by atoms with Gasteiger partial charge < -0.3 is 9.15 Å². The molecule has 1 fully saturated rings. The molecule has 0 bridgehead atoms. The van der Waals surface area contributed by atoms with Gasteiger partial charge in [-0.05, 0) is 25.3 Å². The molecule has 1 aliphatic carbocycles. The Kier molecular flexibility index (Phi) is 2.77. The summed E-state index contributed by atoms with van der Waals surface area (Å²) in [7, 11) is 1.56. The normalized spacial score (nSPS) is 16.7. The van der Waals surface area contributed by atoms with Crippen molar-refractivity contribution in [3.05, 3.63) is 27.4 Å². The van der Waals surface area contributed by atoms with E-state index < -0.39 is 5.54 Å². The van der Waals surface area contributed by atoms with Crippen molar-refractivity contribution in [1.82, 2.24) is 0 Å². The molecule has 1 saturated carbocycles. The monoisotopic (exact) mass is 277 g/mol. The molecule has 0 atom stereocenters. The highest BCUT2D eigenvalue weighted by atomic mass is 32.1. The number of aliphatic imine (C=N–C) groups is 1. The minimum atomic E-state index is -0.568. The highest BCUT2D eigenvalue weighted by Crippen LogP contribution is 2.49. The van der Waals surface area contributed by atoms with Crippen LogP contribution in [0.4, 0.5) is 0 Å². The van der Waals surface area contributed by atoms with Gasteiger partial charge in [0, 0.05) is 11.6 Å². The molecule has 5 nitrogen and oxygen atoms in total. The van der Waals surface area contributed by atoms with Crippen LogP contribution in [-0.4, -0.2) is 13.2 Å². The summed E-state index contributed by atoms with van der Waals surface area (Å²) >= 11 is 1.03. The number of benzene rings is 1. The van der Waals surface area contributed by atoms with Crippen molar-refractivity contribution in [2.24, 2.45) is 4.99 Å². The van der Waals surface area contributed by atoms with Crippen molar-refractivity contribution in [1.29, 1.82) is 0 Å². The average Bonchev–Trinajstić information content (AvgIpc) is 2.71. The van der Waals surface area contributed by atoms with E-state index in [1.807, 2.05) is 0 Å². The third-order valence-corrected chi connectivity index (χ3v) is 4.38. The first-order valence-corrected chi connectivity index (χ1v) is 6.71. The fraction of sp³-hybridized carbons (Fsp3) is 0.385. The Morgan fingerprint density at radius 1 is 1.47 bits per heavy atom. The zero-order valence-corrected chi connectivity index (χ0v) is 11.1. The van der Waals surface area contributed by atoms with Crippen LogP contribution in [0.25, 0.3) is 10.3 Å². The maximum absolute atomic E-state index is 11.3. The van der Waals surface area contributed by atoms with Crippen LogP contribution in [0.1, 0.15) is 24.8 Å². The molecule has 1 heterocycles. The molecule has 3 rings (SSSR count). The van der Waals surface area contributed by atoms with Gasteiger partial charge in [-0.25, -0.2) is 9.59 Å². The Hall–Kier alpha value is -1.91. The summed E-state index contributed by atoms with van der Waals surface area (Å²) in [6, 6.07) is 3.52. The number of carbonyl (C=O) groups excluding carboxylic acids is 1. The van der Waals surface area contributed by atoms with Crippen molar-refractivity contribution in [3.8, 4) is 5.75 Å². The highest BCUT2D eigenvalue weighted by Gasteiger charge is 2.41. The molecule has 1 aromatic heterocycles. The molecule has 0 unspecified atom stereocenters. The SMILES string of the molecule is COc1cc2sc(=O)oc2cc1C1(N=C=O)CCC1. The summed E-state index contributed by atoms with van der Waals surface area (Å²) < 4.78 is 11.2. The van der Waals surface area contributed by atoms with Crippen LogP contribution in [0.3, 0.4) is 0 Å². The lowest BCUT2D eigenvalue weighted by Crippen LogP contribution is -2.32. The smallest absolute Gasteiger partial charge is 0.396 e. The minimum Gasteiger partial charge on any atom is -0.496 e. The number of methoxy groups -OCH3 is 1. The van der Waals surface area contributed by atoms with Crippen molar-refractivity contribution >= 4 is 27.7 Å². The highest BCUT2D eigenvalue weighted by molar-refractivity contribution is 7.16. The summed E-state index contributed by atoms with van der Waals surface area (Å²) in [5.74, 6) is 0.628. The quantitative estimate of drug-likeness (QED) is 0.638. The van der Waals surface area contributed by atoms with Crippen molar-refractivity contribution in [2.75, 3.05) is 7.11 Å². The summed E-state index contributed by atoms with van der Waals surface area (Å²) in [4.78, 5) is 25.5. The number of isocyanates is 1.